The Balaban J connectivity index is 1.80. The molecule has 114 valence electrons. The highest BCUT2D eigenvalue weighted by atomic mass is 16.4. The molecule has 5 heteroatoms. The average Bonchev–Trinajstić information content (AvgIpc) is 2.47. The number of carbonyl (C=O) groups is 2. The van der Waals surface area contributed by atoms with E-state index in [1.165, 1.54) is 6.42 Å². The number of hydrogen-bond donors (Lipinski definition) is 1. The first kappa shape index (κ1) is 15.3. The summed E-state index contributed by atoms with van der Waals surface area (Å²) < 4.78 is 0. The second-order valence-corrected chi connectivity index (χ2v) is 6.14. The van der Waals surface area contributed by atoms with Crippen LogP contribution in [0, 0.1) is 5.92 Å². The third kappa shape index (κ3) is 3.95. The van der Waals surface area contributed by atoms with E-state index in [0.29, 0.717) is 0 Å². The molecule has 2 heterocycles. The van der Waals surface area contributed by atoms with Crippen molar-refractivity contribution in [3.63, 3.8) is 0 Å². The van der Waals surface area contributed by atoms with Crippen molar-refractivity contribution in [2.45, 2.75) is 51.5 Å². The Morgan fingerprint density at radius 2 is 1.70 bits per heavy atom. The van der Waals surface area contributed by atoms with Crippen molar-refractivity contribution in [1.29, 1.82) is 0 Å². The first-order chi connectivity index (χ1) is 9.58. The molecule has 5 nitrogen and oxygen atoms in total. The van der Waals surface area contributed by atoms with E-state index in [1.807, 2.05) is 11.8 Å². The molecule has 20 heavy (non-hydrogen) atoms. The van der Waals surface area contributed by atoms with Crippen LogP contribution in [0.1, 0.15) is 45.4 Å². The SMILES string of the molecule is CC(C(=O)N1CCCCC1)N1CCC(CC(=O)O)CC1. The van der Waals surface area contributed by atoms with Gasteiger partial charge in [0.15, 0.2) is 0 Å². The predicted molar refractivity (Wildman–Crippen MR) is 76.4 cm³/mol. The molecule has 1 N–H and O–H groups in total. The maximum absolute atomic E-state index is 12.4. The quantitative estimate of drug-likeness (QED) is 0.850. The number of piperidine rings is 2. The Morgan fingerprint density at radius 3 is 2.25 bits per heavy atom. The van der Waals surface area contributed by atoms with Crippen LogP contribution in [-0.4, -0.2) is 59.0 Å². The van der Waals surface area contributed by atoms with E-state index in [1.54, 1.807) is 0 Å². The number of likely N-dealkylation sites (tertiary alicyclic amines) is 2. The van der Waals surface area contributed by atoms with Crippen molar-refractivity contribution >= 4 is 11.9 Å². The first-order valence-corrected chi connectivity index (χ1v) is 7.82. The Bertz CT molecular complexity index is 345. The van der Waals surface area contributed by atoms with Gasteiger partial charge in [-0.05, 0) is 58.0 Å². The number of nitrogens with zero attached hydrogens (tertiary/aromatic N) is 2. The zero-order chi connectivity index (χ0) is 14.5. The van der Waals surface area contributed by atoms with Crippen molar-refractivity contribution in [3.05, 3.63) is 0 Å². The topological polar surface area (TPSA) is 60.9 Å². The van der Waals surface area contributed by atoms with Gasteiger partial charge < -0.3 is 10.0 Å². The van der Waals surface area contributed by atoms with Gasteiger partial charge in [0.05, 0.1) is 6.04 Å². The molecule has 0 spiro atoms. The van der Waals surface area contributed by atoms with Gasteiger partial charge in [-0.3, -0.25) is 14.5 Å². The van der Waals surface area contributed by atoms with Gasteiger partial charge in [0.1, 0.15) is 0 Å². The molecule has 0 aromatic heterocycles. The van der Waals surface area contributed by atoms with Crippen LogP contribution >= 0.6 is 0 Å². The molecule has 0 radical (unpaired) electrons. The monoisotopic (exact) mass is 282 g/mol. The van der Waals surface area contributed by atoms with E-state index in [2.05, 4.69) is 4.90 Å². The van der Waals surface area contributed by atoms with Crippen LogP contribution in [-0.2, 0) is 9.59 Å². The molecule has 1 unspecified atom stereocenters. The van der Waals surface area contributed by atoms with Crippen LogP contribution in [0.3, 0.4) is 0 Å². The van der Waals surface area contributed by atoms with Crippen molar-refractivity contribution < 1.29 is 14.7 Å². The van der Waals surface area contributed by atoms with E-state index in [4.69, 9.17) is 5.11 Å². The zero-order valence-corrected chi connectivity index (χ0v) is 12.4. The molecule has 2 rings (SSSR count). The van der Waals surface area contributed by atoms with Gasteiger partial charge >= 0.3 is 5.97 Å². The summed E-state index contributed by atoms with van der Waals surface area (Å²) in [5, 5.41) is 8.82. The average molecular weight is 282 g/mol. The molecular weight excluding hydrogens is 256 g/mol. The zero-order valence-electron chi connectivity index (χ0n) is 12.4. The molecule has 1 amide bonds. The third-order valence-corrected chi connectivity index (χ3v) is 4.69. The number of carboxylic acids is 1. The molecule has 2 aliphatic heterocycles. The maximum atomic E-state index is 12.4. The lowest BCUT2D eigenvalue weighted by molar-refractivity contribution is -0.140. The molecule has 0 aromatic carbocycles. The van der Waals surface area contributed by atoms with Gasteiger partial charge in [0, 0.05) is 19.5 Å². The molecule has 2 fully saturated rings. The highest BCUT2D eigenvalue weighted by Crippen LogP contribution is 2.23. The van der Waals surface area contributed by atoms with Crippen molar-refractivity contribution in [1.82, 2.24) is 9.80 Å². The fraction of sp³-hybridized carbons (Fsp3) is 0.867. The number of rotatable bonds is 4. The van der Waals surface area contributed by atoms with Gasteiger partial charge in [-0.1, -0.05) is 0 Å². The molecule has 1 atom stereocenters. The summed E-state index contributed by atoms with van der Waals surface area (Å²) >= 11 is 0. The van der Waals surface area contributed by atoms with E-state index in [0.717, 1.165) is 51.9 Å². The summed E-state index contributed by atoms with van der Waals surface area (Å²) in [6.45, 7) is 5.49. The van der Waals surface area contributed by atoms with Crippen LogP contribution < -0.4 is 0 Å². The van der Waals surface area contributed by atoms with E-state index >= 15 is 0 Å². The van der Waals surface area contributed by atoms with Gasteiger partial charge in [0.25, 0.3) is 0 Å². The fourth-order valence-electron chi connectivity index (χ4n) is 3.33. The minimum Gasteiger partial charge on any atom is -0.481 e. The second kappa shape index (κ2) is 7.07. The van der Waals surface area contributed by atoms with Gasteiger partial charge in [-0.2, -0.15) is 0 Å². The summed E-state index contributed by atoms with van der Waals surface area (Å²) in [5.74, 6) is -0.177. The fourth-order valence-corrected chi connectivity index (χ4v) is 3.33. The summed E-state index contributed by atoms with van der Waals surface area (Å²) in [4.78, 5) is 27.4. The minimum absolute atomic E-state index is 0.0566. The number of carbonyl (C=O) groups excluding carboxylic acids is 1. The lowest BCUT2D eigenvalue weighted by Crippen LogP contribution is -2.50. The van der Waals surface area contributed by atoms with E-state index < -0.39 is 5.97 Å². The van der Waals surface area contributed by atoms with Crippen LogP contribution in [0.2, 0.25) is 0 Å². The van der Waals surface area contributed by atoms with E-state index in [-0.39, 0.29) is 24.3 Å². The highest BCUT2D eigenvalue weighted by molar-refractivity contribution is 5.81. The van der Waals surface area contributed by atoms with Crippen LogP contribution in [0.4, 0.5) is 0 Å². The number of amides is 1. The van der Waals surface area contributed by atoms with Crippen LogP contribution in [0.5, 0.6) is 0 Å². The maximum Gasteiger partial charge on any atom is 0.303 e. The standard InChI is InChI=1S/C15H26N2O3/c1-12(15(20)17-7-3-2-4-8-17)16-9-5-13(6-10-16)11-14(18)19/h12-13H,2-11H2,1H3,(H,18,19). The van der Waals surface area contributed by atoms with Gasteiger partial charge in [-0.25, -0.2) is 0 Å². The normalized spacial score (nSPS) is 23.6. The lowest BCUT2D eigenvalue weighted by atomic mass is 9.93. The smallest absolute Gasteiger partial charge is 0.303 e. The van der Waals surface area contributed by atoms with Gasteiger partial charge in [0.2, 0.25) is 5.91 Å². The van der Waals surface area contributed by atoms with Crippen LogP contribution in [0.25, 0.3) is 0 Å². The van der Waals surface area contributed by atoms with Crippen molar-refractivity contribution in [2.24, 2.45) is 5.92 Å². The van der Waals surface area contributed by atoms with E-state index in [9.17, 15) is 9.59 Å². The van der Waals surface area contributed by atoms with Crippen molar-refractivity contribution in [2.75, 3.05) is 26.2 Å². The number of hydrogen-bond acceptors (Lipinski definition) is 3. The first-order valence-electron chi connectivity index (χ1n) is 7.82. The Hall–Kier alpha value is -1.10. The second-order valence-electron chi connectivity index (χ2n) is 6.14. The Morgan fingerprint density at radius 1 is 1.10 bits per heavy atom. The summed E-state index contributed by atoms with van der Waals surface area (Å²) in [6, 6.07) is -0.0566. The minimum atomic E-state index is -0.708. The lowest BCUT2D eigenvalue weighted by Gasteiger charge is -2.38. The summed E-state index contributed by atoms with van der Waals surface area (Å²) in [7, 11) is 0. The molecule has 0 bridgehead atoms. The predicted octanol–water partition coefficient (Wildman–Crippen LogP) is 1.57. The van der Waals surface area contributed by atoms with Gasteiger partial charge in [-0.15, -0.1) is 0 Å². The molecular formula is C15H26N2O3. The summed E-state index contributed by atoms with van der Waals surface area (Å²) in [5.41, 5.74) is 0. The highest BCUT2D eigenvalue weighted by Gasteiger charge is 2.30. The number of carboxylic acid groups (broad SMARTS) is 1. The molecule has 0 aromatic rings. The molecule has 0 aliphatic carbocycles. The Labute approximate surface area is 120 Å². The molecule has 2 saturated heterocycles. The number of aliphatic carboxylic acids is 1. The molecule has 2 aliphatic rings. The third-order valence-electron chi connectivity index (χ3n) is 4.69. The van der Waals surface area contributed by atoms with Crippen LogP contribution in [0.15, 0.2) is 0 Å². The Kier molecular flexibility index (Phi) is 5.40. The van der Waals surface area contributed by atoms with Crippen molar-refractivity contribution in [3.8, 4) is 0 Å². The summed E-state index contributed by atoms with van der Waals surface area (Å²) in [6.07, 6.45) is 5.53. The largest absolute Gasteiger partial charge is 0.481 e. The molecule has 0 saturated carbocycles.